The van der Waals surface area contributed by atoms with Crippen LogP contribution in [0.1, 0.15) is 50.9 Å². The minimum absolute atomic E-state index is 0.0531. The first kappa shape index (κ1) is 23.8. The second-order valence-electron chi connectivity index (χ2n) is 8.22. The van der Waals surface area contributed by atoms with E-state index in [0.717, 1.165) is 19.4 Å². The minimum atomic E-state index is -0.545. The molecule has 1 saturated heterocycles. The van der Waals surface area contributed by atoms with Gasteiger partial charge >= 0.3 is 11.9 Å². The van der Waals surface area contributed by atoms with E-state index in [-0.39, 0.29) is 29.9 Å². The number of rotatable bonds is 8. The molecule has 2 rings (SSSR count). The first-order chi connectivity index (χ1) is 14.1. The fourth-order valence-electron chi connectivity index (χ4n) is 3.58. The number of hydrogen-bond acceptors (Lipinski definition) is 8. The monoisotopic (exact) mass is 423 g/mol. The van der Waals surface area contributed by atoms with Crippen molar-refractivity contribution >= 4 is 11.9 Å². The highest BCUT2D eigenvalue weighted by atomic mass is 16.6. The Bertz CT molecular complexity index is 757. The molecule has 1 heterocycles. The predicted octanol–water partition coefficient (Wildman–Crippen LogP) is 3.06. The van der Waals surface area contributed by atoms with Gasteiger partial charge in [-0.05, 0) is 59.2 Å². The van der Waals surface area contributed by atoms with Crippen molar-refractivity contribution in [1.82, 2.24) is 4.90 Å². The summed E-state index contributed by atoms with van der Waals surface area (Å²) in [4.78, 5) is 27.2. The summed E-state index contributed by atoms with van der Waals surface area (Å²) in [6.07, 6.45) is 1.76. The third kappa shape index (κ3) is 5.56. The van der Waals surface area contributed by atoms with E-state index in [2.05, 4.69) is 0 Å². The van der Waals surface area contributed by atoms with E-state index >= 15 is 0 Å². The van der Waals surface area contributed by atoms with Crippen molar-refractivity contribution in [2.45, 2.75) is 58.2 Å². The Morgan fingerprint density at radius 2 is 1.77 bits per heavy atom. The molecule has 8 heteroatoms. The summed E-state index contributed by atoms with van der Waals surface area (Å²) in [5, 5.41) is 0. The maximum atomic E-state index is 12.7. The summed E-state index contributed by atoms with van der Waals surface area (Å²) in [6.45, 7) is 8.28. The molecule has 30 heavy (non-hydrogen) atoms. The molecule has 0 N–H and O–H groups in total. The molecular weight excluding hydrogens is 390 g/mol. The van der Waals surface area contributed by atoms with Crippen LogP contribution in [0.15, 0.2) is 12.1 Å². The second kappa shape index (κ2) is 10.0. The molecule has 0 saturated carbocycles. The molecule has 0 aliphatic carbocycles. The highest BCUT2D eigenvalue weighted by molar-refractivity contribution is 5.94. The number of likely N-dealkylation sites (tertiary alicyclic amines) is 1. The normalized spacial score (nSPS) is 17.9. The van der Waals surface area contributed by atoms with Gasteiger partial charge in [0.1, 0.15) is 23.8 Å². The van der Waals surface area contributed by atoms with E-state index in [0.29, 0.717) is 11.5 Å². The van der Waals surface area contributed by atoms with Gasteiger partial charge in [0.15, 0.2) is 11.5 Å². The van der Waals surface area contributed by atoms with Gasteiger partial charge < -0.3 is 23.7 Å². The van der Waals surface area contributed by atoms with Crippen molar-refractivity contribution in [3.63, 3.8) is 0 Å². The molecular formula is C22H33NO7. The molecule has 2 atom stereocenters. The largest absolute Gasteiger partial charge is 0.493 e. The topological polar surface area (TPSA) is 83.5 Å². The Balaban J connectivity index is 2.07. The molecule has 1 fully saturated rings. The van der Waals surface area contributed by atoms with E-state index in [1.807, 2.05) is 32.6 Å². The van der Waals surface area contributed by atoms with E-state index in [1.54, 1.807) is 12.1 Å². The molecule has 1 aromatic carbocycles. The van der Waals surface area contributed by atoms with Gasteiger partial charge in [-0.1, -0.05) is 0 Å². The lowest BCUT2D eigenvalue weighted by molar-refractivity contribution is -0.161. The van der Waals surface area contributed by atoms with Crippen LogP contribution in [0.25, 0.3) is 0 Å². The standard InChI is InChI=1S/C22H33NO7/c1-14(20(24)30-22(2,3)4)23-12-8-9-15(23)13-29-21(25)16-10-11-17(26-5)19(28-7)18(16)27-6/h10-11,14-15H,8-9,12-13H2,1-7H3/t14-,15+/m1/s1. The Morgan fingerprint density at radius 3 is 2.33 bits per heavy atom. The molecule has 0 unspecified atom stereocenters. The highest BCUT2D eigenvalue weighted by Crippen LogP contribution is 2.40. The van der Waals surface area contributed by atoms with Crippen LogP contribution in [0.2, 0.25) is 0 Å². The van der Waals surface area contributed by atoms with Gasteiger partial charge in [0.2, 0.25) is 5.75 Å². The number of benzene rings is 1. The third-order valence-corrected chi connectivity index (χ3v) is 5.00. The van der Waals surface area contributed by atoms with Crippen molar-refractivity contribution in [2.75, 3.05) is 34.5 Å². The Morgan fingerprint density at radius 1 is 1.10 bits per heavy atom. The number of methoxy groups -OCH3 is 3. The molecule has 8 nitrogen and oxygen atoms in total. The van der Waals surface area contributed by atoms with E-state index in [1.165, 1.54) is 21.3 Å². The summed E-state index contributed by atoms with van der Waals surface area (Å²) in [6, 6.07) is 2.75. The Labute approximate surface area is 178 Å². The minimum Gasteiger partial charge on any atom is -0.493 e. The lowest BCUT2D eigenvalue weighted by atomic mass is 10.1. The number of carbonyl (C=O) groups excluding carboxylic acids is 2. The number of ether oxygens (including phenoxy) is 5. The zero-order valence-electron chi connectivity index (χ0n) is 18.9. The maximum absolute atomic E-state index is 12.7. The third-order valence-electron chi connectivity index (χ3n) is 5.00. The number of esters is 2. The van der Waals surface area contributed by atoms with Crippen molar-refractivity contribution in [3.05, 3.63) is 17.7 Å². The fraction of sp³-hybridized carbons (Fsp3) is 0.636. The average Bonchev–Trinajstić information content (AvgIpc) is 3.17. The lowest BCUT2D eigenvalue weighted by Crippen LogP contribution is -2.46. The predicted molar refractivity (Wildman–Crippen MR) is 111 cm³/mol. The first-order valence-corrected chi connectivity index (χ1v) is 10.1. The van der Waals surface area contributed by atoms with E-state index in [4.69, 9.17) is 23.7 Å². The van der Waals surface area contributed by atoms with Gasteiger partial charge in [0, 0.05) is 6.04 Å². The number of hydrogen-bond donors (Lipinski definition) is 0. The molecule has 168 valence electrons. The van der Waals surface area contributed by atoms with Crippen molar-refractivity contribution in [2.24, 2.45) is 0 Å². The average molecular weight is 424 g/mol. The fourth-order valence-corrected chi connectivity index (χ4v) is 3.58. The van der Waals surface area contributed by atoms with Crippen LogP contribution >= 0.6 is 0 Å². The molecule has 0 aromatic heterocycles. The van der Waals surface area contributed by atoms with Gasteiger partial charge in [-0.25, -0.2) is 4.79 Å². The summed E-state index contributed by atoms with van der Waals surface area (Å²) < 4.78 is 27.0. The van der Waals surface area contributed by atoms with E-state index in [9.17, 15) is 9.59 Å². The van der Waals surface area contributed by atoms with Gasteiger partial charge in [-0.2, -0.15) is 0 Å². The SMILES string of the molecule is COc1ccc(C(=O)OC[C@@H]2CCCN2[C@H](C)C(=O)OC(C)(C)C)c(OC)c1OC. The first-order valence-electron chi connectivity index (χ1n) is 10.1. The van der Waals surface area contributed by atoms with Gasteiger partial charge in [0.25, 0.3) is 0 Å². The molecule has 0 spiro atoms. The zero-order chi connectivity index (χ0) is 22.5. The van der Waals surface area contributed by atoms with Crippen LogP contribution in [-0.2, 0) is 14.3 Å². The van der Waals surface area contributed by atoms with Crippen LogP contribution in [0, 0.1) is 0 Å². The maximum Gasteiger partial charge on any atom is 0.342 e. The van der Waals surface area contributed by atoms with Crippen LogP contribution in [0.3, 0.4) is 0 Å². The number of carbonyl (C=O) groups is 2. The van der Waals surface area contributed by atoms with Crippen molar-refractivity contribution in [1.29, 1.82) is 0 Å². The highest BCUT2D eigenvalue weighted by Gasteiger charge is 2.35. The van der Waals surface area contributed by atoms with Crippen molar-refractivity contribution in [3.8, 4) is 17.2 Å². The number of nitrogens with zero attached hydrogens (tertiary/aromatic N) is 1. The summed E-state index contributed by atoms with van der Waals surface area (Å²) in [5.74, 6) is 0.244. The second-order valence-corrected chi connectivity index (χ2v) is 8.22. The molecule has 0 radical (unpaired) electrons. The van der Waals surface area contributed by atoms with Crippen LogP contribution in [-0.4, -0.2) is 69.0 Å². The summed E-state index contributed by atoms with van der Waals surface area (Å²) in [7, 11) is 4.44. The van der Waals surface area contributed by atoms with Gasteiger partial charge in [-0.3, -0.25) is 9.69 Å². The van der Waals surface area contributed by atoms with E-state index < -0.39 is 17.6 Å². The molecule has 0 amide bonds. The smallest absolute Gasteiger partial charge is 0.342 e. The molecule has 0 bridgehead atoms. The van der Waals surface area contributed by atoms with Gasteiger partial charge in [0.05, 0.1) is 21.3 Å². The quantitative estimate of drug-likeness (QED) is 0.590. The summed E-state index contributed by atoms with van der Waals surface area (Å²) >= 11 is 0. The van der Waals surface area contributed by atoms with Crippen LogP contribution < -0.4 is 14.2 Å². The zero-order valence-corrected chi connectivity index (χ0v) is 18.9. The van der Waals surface area contributed by atoms with Gasteiger partial charge in [-0.15, -0.1) is 0 Å². The van der Waals surface area contributed by atoms with Crippen LogP contribution in [0.5, 0.6) is 17.2 Å². The molecule has 1 aliphatic rings. The molecule has 1 aliphatic heterocycles. The summed E-state index contributed by atoms with van der Waals surface area (Å²) in [5.41, 5.74) is -0.295. The molecule has 1 aromatic rings. The lowest BCUT2D eigenvalue weighted by Gasteiger charge is -2.31. The Kier molecular flexibility index (Phi) is 7.95. The van der Waals surface area contributed by atoms with Crippen molar-refractivity contribution < 1.29 is 33.3 Å². The Hall–Kier alpha value is -2.48. The van der Waals surface area contributed by atoms with Crippen LogP contribution in [0.4, 0.5) is 0 Å².